The SMILES string of the molecule is CCCn1nc(C)c(N)c1NC. The minimum Gasteiger partial charge on any atom is -0.394 e. The van der Waals surface area contributed by atoms with Gasteiger partial charge in [0.2, 0.25) is 0 Å². The lowest BCUT2D eigenvalue weighted by Crippen LogP contribution is -2.05. The van der Waals surface area contributed by atoms with Crippen LogP contribution in [0.3, 0.4) is 0 Å². The minimum atomic E-state index is 0.756. The van der Waals surface area contributed by atoms with E-state index in [0.29, 0.717) is 0 Å². The Hall–Kier alpha value is -1.19. The first-order valence-electron chi connectivity index (χ1n) is 4.21. The van der Waals surface area contributed by atoms with E-state index >= 15 is 0 Å². The lowest BCUT2D eigenvalue weighted by molar-refractivity contribution is 0.604. The summed E-state index contributed by atoms with van der Waals surface area (Å²) in [6.07, 6.45) is 1.06. The molecule has 1 aromatic heterocycles. The van der Waals surface area contributed by atoms with Gasteiger partial charge in [0.25, 0.3) is 0 Å². The second kappa shape index (κ2) is 3.47. The van der Waals surface area contributed by atoms with Crippen LogP contribution in [0.2, 0.25) is 0 Å². The first-order chi connectivity index (χ1) is 5.70. The van der Waals surface area contributed by atoms with Crippen molar-refractivity contribution in [3.05, 3.63) is 5.69 Å². The highest BCUT2D eigenvalue weighted by atomic mass is 15.3. The largest absolute Gasteiger partial charge is 0.394 e. The van der Waals surface area contributed by atoms with Gasteiger partial charge in [-0.3, -0.25) is 0 Å². The Kier molecular flexibility index (Phi) is 2.58. The summed E-state index contributed by atoms with van der Waals surface area (Å²) in [5, 5.41) is 7.34. The average molecular weight is 168 g/mol. The number of hydrogen-bond donors (Lipinski definition) is 2. The van der Waals surface area contributed by atoms with Crippen molar-refractivity contribution in [2.75, 3.05) is 18.1 Å². The molecule has 1 heterocycles. The topological polar surface area (TPSA) is 55.9 Å². The zero-order chi connectivity index (χ0) is 9.14. The molecule has 0 saturated carbocycles. The Bertz CT molecular complexity index is 264. The predicted octanol–water partition coefficient (Wildman–Crippen LogP) is 1.23. The van der Waals surface area contributed by atoms with Gasteiger partial charge >= 0.3 is 0 Å². The van der Waals surface area contributed by atoms with Gasteiger partial charge in [-0.2, -0.15) is 5.10 Å². The Morgan fingerprint density at radius 3 is 2.75 bits per heavy atom. The molecule has 0 aliphatic heterocycles. The molecule has 12 heavy (non-hydrogen) atoms. The fourth-order valence-electron chi connectivity index (χ4n) is 1.23. The fourth-order valence-corrected chi connectivity index (χ4v) is 1.23. The molecule has 1 aromatic rings. The van der Waals surface area contributed by atoms with Gasteiger partial charge < -0.3 is 11.1 Å². The molecule has 0 bridgehead atoms. The quantitative estimate of drug-likeness (QED) is 0.713. The number of hydrogen-bond acceptors (Lipinski definition) is 3. The van der Waals surface area contributed by atoms with E-state index in [1.165, 1.54) is 0 Å². The minimum absolute atomic E-state index is 0.756. The highest BCUT2D eigenvalue weighted by Crippen LogP contribution is 2.21. The van der Waals surface area contributed by atoms with E-state index in [1.807, 2.05) is 18.7 Å². The van der Waals surface area contributed by atoms with E-state index in [9.17, 15) is 0 Å². The molecule has 68 valence electrons. The molecule has 0 saturated heterocycles. The molecule has 0 aromatic carbocycles. The number of rotatable bonds is 3. The Balaban J connectivity index is 3.02. The smallest absolute Gasteiger partial charge is 0.147 e. The van der Waals surface area contributed by atoms with E-state index in [1.54, 1.807) is 0 Å². The van der Waals surface area contributed by atoms with Crippen molar-refractivity contribution in [3.8, 4) is 0 Å². The van der Waals surface area contributed by atoms with Gasteiger partial charge in [-0.15, -0.1) is 0 Å². The predicted molar refractivity (Wildman–Crippen MR) is 51.2 cm³/mol. The molecule has 4 nitrogen and oxygen atoms in total. The number of nitrogens with two attached hydrogens (primary N) is 1. The third-order valence-corrected chi connectivity index (χ3v) is 1.85. The number of nitrogens with zero attached hydrogens (tertiary/aromatic N) is 2. The van der Waals surface area contributed by atoms with Crippen LogP contribution in [0.5, 0.6) is 0 Å². The molecule has 0 radical (unpaired) electrons. The molecule has 0 amide bonds. The van der Waals surface area contributed by atoms with Crippen LogP contribution in [-0.4, -0.2) is 16.8 Å². The van der Waals surface area contributed by atoms with E-state index in [2.05, 4.69) is 17.3 Å². The van der Waals surface area contributed by atoms with Crippen molar-refractivity contribution in [1.82, 2.24) is 9.78 Å². The van der Waals surface area contributed by atoms with Crippen molar-refractivity contribution >= 4 is 11.5 Å². The number of aromatic nitrogens is 2. The summed E-state index contributed by atoms with van der Waals surface area (Å²) < 4.78 is 1.91. The summed E-state index contributed by atoms with van der Waals surface area (Å²) in [6.45, 7) is 4.95. The summed E-state index contributed by atoms with van der Waals surface area (Å²) in [7, 11) is 1.86. The molecular weight excluding hydrogens is 152 g/mol. The molecule has 0 fully saturated rings. The van der Waals surface area contributed by atoms with Gasteiger partial charge in [-0.05, 0) is 13.3 Å². The van der Waals surface area contributed by atoms with E-state index in [4.69, 9.17) is 5.73 Å². The van der Waals surface area contributed by atoms with E-state index in [0.717, 1.165) is 30.2 Å². The monoisotopic (exact) mass is 168 g/mol. The summed E-state index contributed by atoms with van der Waals surface area (Å²) in [6, 6.07) is 0. The van der Waals surface area contributed by atoms with Crippen molar-refractivity contribution < 1.29 is 0 Å². The third-order valence-electron chi connectivity index (χ3n) is 1.85. The second-order valence-electron chi connectivity index (χ2n) is 2.82. The molecule has 0 atom stereocenters. The highest BCUT2D eigenvalue weighted by molar-refractivity contribution is 5.64. The third kappa shape index (κ3) is 1.37. The van der Waals surface area contributed by atoms with E-state index < -0.39 is 0 Å². The first kappa shape index (κ1) is 8.90. The zero-order valence-electron chi connectivity index (χ0n) is 7.89. The molecule has 0 spiro atoms. The number of aryl methyl sites for hydroxylation is 2. The summed E-state index contributed by atoms with van der Waals surface area (Å²) >= 11 is 0. The summed E-state index contributed by atoms with van der Waals surface area (Å²) in [5.41, 5.74) is 7.45. The number of nitrogens with one attached hydrogen (secondary N) is 1. The van der Waals surface area contributed by atoms with Crippen LogP contribution in [0, 0.1) is 6.92 Å². The molecule has 4 heteroatoms. The maximum Gasteiger partial charge on any atom is 0.147 e. The standard InChI is InChI=1S/C8H16N4/c1-4-5-12-8(10-3)7(9)6(2)11-12/h10H,4-5,9H2,1-3H3. The first-order valence-corrected chi connectivity index (χ1v) is 4.21. The van der Waals surface area contributed by atoms with Gasteiger partial charge in [0.15, 0.2) is 0 Å². The van der Waals surface area contributed by atoms with Crippen LogP contribution < -0.4 is 11.1 Å². The Morgan fingerprint density at radius 1 is 1.58 bits per heavy atom. The van der Waals surface area contributed by atoms with Crippen LogP contribution in [0.15, 0.2) is 0 Å². The normalized spacial score (nSPS) is 10.2. The Labute approximate surface area is 72.8 Å². The molecular formula is C8H16N4. The number of anilines is 2. The summed E-state index contributed by atoms with van der Waals surface area (Å²) in [5.74, 6) is 0.925. The molecule has 0 aliphatic carbocycles. The second-order valence-corrected chi connectivity index (χ2v) is 2.82. The van der Waals surface area contributed by atoms with Gasteiger partial charge in [0.05, 0.1) is 11.4 Å². The van der Waals surface area contributed by atoms with Gasteiger partial charge in [0.1, 0.15) is 5.82 Å². The van der Waals surface area contributed by atoms with Crippen molar-refractivity contribution in [1.29, 1.82) is 0 Å². The maximum atomic E-state index is 5.80. The van der Waals surface area contributed by atoms with Crippen molar-refractivity contribution in [2.45, 2.75) is 26.8 Å². The number of nitrogen functional groups attached to an aromatic ring is 1. The maximum absolute atomic E-state index is 5.80. The van der Waals surface area contributed by atoms with Gasteiger partial charge in [0, 0.05) is 13.6 Å². The zero-order valence-corrected chi connectivity index (χ0v) is 7.89. The van der Waals surface area contributed by atoms with Crippen LogP contribution in [0.25, 0.3) is 0 Å². The van der Waals surface area contributed by atoms with Crippen LogP contribution >= 0.6 is 0 Å². The molecule has 3 N–H and O–H groups in total. The van der Waals surface area contributed by atoms with Crippen molar-refractivity contribution in [3.63, 3.8) is 0 Å². The van der Waals surface area contributed by atoms with Gasteiger partial charge in [-0.25, -0.2) is 4.68 Å². The van der Waals surface area contributed by atoms with Crippen LogP contribution in [0.4, 0.5) is 11.5 Å². The van der Waals surface area contributed by atoms with Crippen LogP contribution in [0.1, 0.15) is 19.0 Å². The molecule has 0 unspecified atom stereocenters. The van der Waals surface area contributed by atoms with Crippen molar-refractivity contribution in [2.24, 2.45) is 0 Å². The summed E-state index contributed by atoms with van der Waals surface area (Å²) in [4.78, 5) is 0. The van der Waals surface area contributed by atoms with Gasteiger partial charge in [-0.1, -0.05) is 6.92 Å². The van der Waals surface area contributed by atoms with E-state index in [-0.39, 0.29) is 0 Å². The lowest BCUT2D eigenvalue weighted by atomic mass is 10.4. The average Bonchev–Trinajstić information content (AvgIpc) is 2.29. The highest BCUT2D eigenvalue weighted by Gasteiger charge is 2.08. The lowest BCUT2D eigenvalue weighted by Gasteiger charge is -2.04. The van der Waals surface area contributed by atoms with Crippen LogP contribution in [-0.2, 0) is 6.54 Å². The molecule has 1 rings (SSSR count). The fraction of sp³-hybridized carbons (Fsp3) is 0.625. The Morgan fingerprint density at radius 2 is 2.25 bits per heavy atom. The molecule has 0 aliphatic rings.